The van der Waals surface area contributed by atoms with Crippen molar-refractivity contribution in [1.82, 2.24) is 9.97 Å². The second kappa shape index (κ2) is 5.73. The monoisotopic (exact) mass is 377 g/mol. The van der Waals surface area contributed by atoms with Crippen LogP contribution in [0.1, 0.15) is 11.8 Å². The van der Waals surface area contributed by atoms with Gasteiger partial charge in [0.15, 0.2) is 5.82 Å². The lowest BCUT2D eigenvalue weighted by atomic mass is 10.2. The van der Waals surface area contributed by atoms with Crippen LogP contribution in [0.2, 0.25) is 5.28 Å². The second-order valence-corrected chi connectivity index (χ2v) is 6.84. The molecule has 5 nitrogen and oxygen atoms in total. The summed E-state index contributed by atoms with van der Waals surface area (Å²) < 4.78 is 7.20. The molecule has 0 amide bonds. The van der Waals surface area contributed by atoms with Crippen molar-refractivity contribution in [3.05, 3.63) is 14.6 Å². The molecule has 0 radical (unpaired) electrons. The lowest BCUT2D eigenvalue weighted by molar-refractivity contribution is 0.0987. The largest absolute Gasteiger partial charge is 0.391 e. The lowest BCUT2D eigenvalue weighted by Gasteiger charge is -2.34. The highest BCUT2D eigenvalue weighted by Crippen LogP contribution is 2.40. The molecule has 0 bridgehead atoms. The smallest absolute Gasteiger partial charge is 0.225 e. The number of aliphatic hydroxyl groups excluding tert-OH is 1. The number of anilines is 1. The number of fused-ring (bicyclic) bond motifs is 1. The van der Waals surface area contributed by atoms with Crippen LogP contribution >= 0.6 is 38.9 Å². The first-order valence-corrected chi connectivity index (χ1v) is 8.20. The summed E-state index contributed by atoms with van der Waals surface area (Å²) in [5.41, 5.74) is 0.757. The van der Waals surface area contributed by atoms with Gasteiger partial charge in [-0.05, 0) is 34.5 Å². The van der Waals surface area contributed by atoms with Gasteiger partial charge in [-0.3, -0.25) is 0 Å². The number of nitrogens with zero attached hydrogens (tertiary/aromatic N) is 3. The van der Waals surface area contributed by atoms with E-state index in [0.717, 1.165) is 31.9 Å². The molecule has 2 aromatic rings. The van der Waals surface area contributed by atoms with Gasteiger partial charge in [0.25, 0.3) is 0 Å². The maximum Gasteiger partial charge on any atom is 0.225 e. The molecule has 0 spiro atoms. The molecule has 1 aliphatic rings. The molecule has 0 saturated carbocycles. The van der Waals surface area contributed by atoms with Crippen LogP contribution in [0.3, 0.4) is 0 Å². The SMILES string of the molecule is C[C@@H]1COCCN1c1nc(Cl)nc2c(Br)c(CO)sc12. The van der Waals surface area contributed by atoms with Crippen LogP contribution in [0.5, 0.6) is 0 Å². The Morgan fingerprint density at radius 1 is 1.55 bits per heavy atom. The number of aromatic nitrogens is 2. The molecule has 1 aliphatic heterocycles. The highest BCUT2D eigenvalue weighted by Gasteiger charge is 2.25. The maximum atomic E-state index is 9.41. The Bertz CT molecular complexity index is 651. The Morgan fingerprint density at radius 2 is 2.35 bits per heavy atom. The van der Waals surface area contributed by atoms with E-state index < -0.39 is 0 Å². The minimum atomic E-state index is -0.0304. The van der Waals surface area contributed by atoms with E-state index in [4.69, 9.17) is 16.3 Å². The van der Waals surface area contributed by atoms with Crippen molar-refractivity contribution in [3.8, 4) is 0 Å². The van der Waals surface area contributed by atoms with E-state index in [0.29, 0.717) is 13.2 Å². The predicted molar refractivity (Wildman–Crippen MR) is 83.7 cm³/mol. The summed E-state index contributed by atoms with van der Waals surface area (Å²) in [6.45, 7) is 4.18. The number of hydrogen-bond acceptors (Lipinski definition) is 6. The van der Waals surface area contributed by atoms with Crippen molar-refractivity contribution < 1.29 is 9.84 Å². The van der Waals surface area contributed by atoms with Gasteiger partial charge in [0.1, 0.15) is 5.52 Å². The zero-order valence-electron chi connectivity index (χ0n) is 10.8. The van der Waals surface area contributed by atoms with E-state index in [1.807, 2.05) is 0 Å². The summed E-state index contributed by atoms with van der Waals surface area (Å²) in [7, 11) is 0. The van der Waals surface area contributed by atoms with Crippen molar-refractivity contribution in [2.24, 2.45) is 0 Å². The summed E-state index contributed by atoms with van der Waals surface area (Å²) >= 11 is 11.0. The zero-order chi connectivity index (χ0) is 14.3. The molecule has 1 N–H and O–H groups in total. The third-order valence-corrected chi connectivity index (χ3v) is 5.73. The molecule has 8 heteroatoms. The third-order valence-electron chi connectivity index (χ3n) is 3.28. The summed E-state index contributed by atoms with van der Waals surface area (Å²) in [4.78, 5) is 11.7. The van der Waals surface area contributed by atoms with Gasteiger partial charge in [-0.1, -0.05) is 0 Å². The number of rotatable bonds is 2. The fourth-order valence-electron chi connectivity index (χ4n) is 2.29. The van der Waals surface area contributed by atoms with Gasteiger partial charge in [0.05, 0.1) is 35.0 Å². The third kappa shape index (κ3) is 2.42. The van der Waals surface area contributed by atoms with Crippen LogP contribution in [-0.4, -0.2) is 40.9 Å². The number of aliphatic hydroxyl groups is 1. The summed E-state index contributed by atoms with van der Waals surface area (Å²) in [6, 6.07) is 0.233. The summed E-state index contributed by atoms with van der Waals surface area (Å²) in [5, 5.41) is 9.62. The van der Waals surface area contributed by atoms with Crippen molar-refractivity contribution in [3.63, 3.8) is 0 Å². The molecule has 20 heavy (non-hydrogen) atoms. The average molecular weight is 379 g/mol. The molecule has 0 aliphatic carbocycles. The van der Waals surface area contributed by atoms with Crippen LogP contribution in [0.25, 0.3) is 10.2 Å². The Morgan fingerprint density at radius 3 is 3.05 bits per heavy atom. The van der Waals surface area contributed by atoms with Crippen molar-refractivity contribution >= 4 is 54.9 Å². The lowest BCUT2D eigenvalue weighted by Crippen LogP contribution is -2.44. The fraction of sp³-hybridized carbons (Fsp3) is 0.500. The van der Waals surface area contributed by atoms with E-state index in [-0.39, 0.29) is 17.9 Å². The molecule has 0 unspecified atom stereocenters. The predicted octanol–water partition coefficient (Wildman–Crippen LogP) is 2.82. The van der Waals surface area contributed by atoms with E-state index in [9.17, 15) is 5.11 Å². The molecule has 1 fully saturated rings. The van der Waals surface area contributed by atoms with Gasteiger partial charge in [0.2, 0.25) is 5.28 Å². The van der Waals surface area contributed by atoms with Gasteiger partial charge in [0, 0.05) is 11.4 Å². The number of hydrogen-bond donors (Lipinski definition) is 1. The fourth-order valence-corrected chi connectivity index (χ4v) is 4.24. The molecule has 3 rings (SSSR count). The first-order valence-electron chi connectivity index (χ1n) is 6.21. The van der Waals surface area contributed by atoms with Crippen LogP contribution in [0.4, 0.5) is 5.82 Å². The average Bonchev–Trinajstić information content (AvgIpc) is 2.76. The molecule has 2 aromatic heterocycles. The van der Waals surface area contributed by atoms with Gasteiger partial charge < -0.3 is 14.7 Å². The quantitative estimate of drug-likeness (QED) is 0.814. The molecule has 1 saturated heterocycles. The first kappa shape index (κ1) is 14.5. The highest BCUT2D eigenvalue weighted by molar-refractivity contribution is 9.10. The molecule has 108 valence electrons. The van der Waals surface area contributed by atoms with Gasteiger partial charge in [-0.2, -0.15) is 4.98 Å². The van der Waals surface area contributed by atoms with Gasteiger partial charge in [-0.25, -0.2) is 4.98 Å². The van der Waals surface area contributed by atoms with Crippen molar-refractivity contribution in [1.29, 1.82) is 0 Å². The zero-order valence-corrected chi connectivity index (χ0v) is 13.9. The highest BCUT2D eigenvalue weighted by atomic mass is 79.9. The normalized spacial score (nSPS) is 19.8. The molecular formula is C12H13BrClN3O2S. The topological polar surface area (TPSA) is 58.5 Å². The molecule has 1 atom stereocenters. The van der Waals surface area contributed by atoms with Crippen molar-refractivity contribution in [2.75, 3.05) is 24.7 Å². The number of halogens is 2. The minimum Gasteiger partial charge on any atom is -0.391 e. The summed E-state index contributed by atoms with van der Waals surface area (Å²) in [6.07, 6.45) is 0. The van der Waals surface area contributed by atoms with Crippen LogP contribution in [-0.2, 0) is 11.3 Å². The van der Waals surface area contributed by atoms with E-state index in [1.165, 1.54) is 11.3 Å². The minimum absolute atomic E-state index is 0.0304. The van der Waals surface area contributed by atoms with Crippen LogP contribution in [0, 0.1) is 0 Å². The Kier molecular flexibility index (Phi) is 4.14. The number of ether oxygens (including phenoxy) is 1. The molecule has 3 heterocycles. The standard InChI is InChI=1S/C12H13BrClN3O2S/c1-6-5-19-3-2-17(6)11-10-9(15-12(14)16-11)8(13)7(4-18)20-10/h6,18H,2-5H2,1H3/t6-/m1/s1. The Balaban J connectivity index is 2.18. The Labute approximate surface area is 133 Å². The van der Waals surface area contributed by atoms with E-state index in [1.54, 1.807) is 0 Å². The maximum absolute atomic E-state index is 9.41. The molecule has 0 aromatic carbocycles. The van der Waals surface area contributed by atoms with Gasteiger partial charge >= 0.3 is 0 Å². The van der Waals surface area contributed by atoms with Crippen LogP contribution < -0.4 is 4.90 Å². The first-order chi connectivity index (χ1) is 9.61. The Hall–Kier alpha value is -0.470. The van der Waals surface area contributed by atoms with Crippen LogP contribution in [0.15, 0.2) is 4.47 Å². The van der Waals surface area contributed by atoms with E-state index >= 15 is 0 Å². The number of morpholine rings is 1. The van der Waals surface area contributed by atoms with Crippen molar-refractivity contribution in [2.45, 2.75) is 19.6 Å². The van der Waals surface area contributed by atoms with E-state index in [2.05, 4.69) is 37.7 Å². The van der Waals surface area contributed by atoms with Gasteiger partial charge in [-0.15, -0.1) is 11.3 Å². The summed E-state index contributed by atoms with van der Waals surface area (Å²) in [5.74, 6) is 0.821. The molecular weight excluding hydrogens is 366 g/mol. The number of thiophene rings is 1. The second-order valence-electron chi connectivity index (χ2n) is 4.61.